The lowest BCUT2D eigenvalue weighted by atomic mass is 10.2. The van der Waals surface area contributed by atoms with Crippen LogP contribution in [0, 0.1) is 0 Å². The van der Waals surface area contributed by atoms with E-state index in [0.717, 1.165) is 37.1 Å². The first-order valence-electron chi connectivity index (χ1n) is 7.40. The molecule has 2 rings (SSSR count). The van der Waals surface area contributed by atoms with Gasteiger partial charge >= 0.3 is 0 Å². The summed E-state index contributed by atoms with van der Waals surface area (Å²) in [6.45, 7) is 6.27. The molecule has 1 aliphatic rings. The van der Waals surface area contributed by atoms with Crippen molar-refractivity contribution in [3.63, 3.8) is 0 Å². The highest BCUT2D eigenvalue weighted by Crippen LogP contribution is 2.26. The van der Waals surface area contributed by atoms with Crippen LogP contribution < -0.4 is 5.32 Å². The second-order valence-electron chi connectivity index (χ2n) is 5.23. The molecule has 114 valence electrons. The Balaban J connectivity index is 2.16. The first kappa shape index (κ1) is 15.9. The van der Waals surface area contributed by atoms with Gasteiger partial charge in [0.05, 0.1) is 0 Å². The van der Waals surface area contributed by atoms with E-state index in [9.17, 15) is 8.42 Å². The first-order chi connectivity index (χ1) is 9.57. The highest BCUT2D eigenvalue weighted by atomic mass is 32.2. The van der Waals surface area contributed by atoms with E-state index in [-0.39, 0.29) is 0 Å². The van der Waals surface area contributed by atoms with Gasteiger partial charge in [0.15, 0.2) is 0 Å². The van der Waals surface area contributed by atoms with Crippen molar-refractivity contribution >= 4 is 21.4 Å². The number of nitrogens with zero attached hydrogens (tertiary/aromatic N) is 1. The molecule has 0 aliphatic carbocycles. The molecular weight excluding hydrogens is 292 g/mol. The minimum Gasteiger partial charge on any atom is -0.313 e. The summed E-state index contributed by atoms with van der Waals surface area (Å²) in [6, 6.07) is 3.99. The third kappa shape index (κ3) is 3.61. The van der Waals surface area contributed by atoms with Crippen LogP contribution in [0.2, 0.25) is 0 Å². The van der Waals surface area contributed by atoms with Gasteiger partial charge in [-0.3, -0.25) is 0 Å². The molecular formula is C14H24N2O2S2. The zero-order chi connectivity index (χ0) is 14.6. The van der Waals surface area contributed by atoms with E-state index >= 15 is 0 Å². The van der Waals surface area contributed by atoms with Crippen LogP contribution in [0.15, 0.2) is 16.3 Å². The molecule has 6 heteroatoms. The number of sulfonamides is 1. The number of hydrogen-bond donors (Lipinski definition) is 1. The van der Waals surface area contributed by atoms with Crippen molar-refractivity contribution in [1.29, 1.82) is 0 Å². The highest BCUT2D eigenvalue weighted by molar-refractivity contribution is 7.91. The summed E-state index contributed by atoms with van der Waals surface area (Å²) in [5.41, 5.74) is 0. The zero-order valence-corrected chi connectivity index (χ0v) is 13.9. The van der Waals surface area contributed by atoms with Crippen LogP contribution in [0.25, 0.3) is 0 Å². The Morgan fingerprint density at radius 1 is 1.40 bits per heavy atom. The smallest absolute Gasteiger partial charge is 0.252 e. The summed E-state index contributed by atoms with van der Waals surface area (Å²) in [6.07, 6.45) is 3.94. The molecule has 0 amide bonds. The van der Waals surface area contributed by atoms with Crippen molar-refractivity contribution < 1.29 is 8.42 Å². The van der Waals surface area contributed by atoms with Crippen molar-refractivity contribution in [2.45, 2.75) is 49.8 Å². The molecule has 4 nitrogen and oxygen atoms in total. The molecule has 2 heterocycles. The van der Waals surface area contributed by atoms with Crippen LogP contribution >= 0.6 is 11.3 Å². The SMILES string of the molecule is CCCN(CC1CCCN1)S(=O)(=O)c1ccc(CC)s1. The Morgan fingerprint density at radius 2 is 2.20 bits per heavy atom. The number of aryl methyl sites for hydroxylation is 1. The van der Waals surface area contributed by atoms with Crippen LogP contribution in [0.1, 0.15) is 38.0 Å². The van der Waals surface area contributed by atoms with Crippen molar-refractivity contribution in [3.05, 3.63) is 17.0 Å². The minimum atomic E-state index is -3.33. The van der Waals surface area contributed by atoms with Gasteiger partial charge in [0, 0.05) is 24.0 Å². The first-order valence-corrected chi connectivity index (χ1v) is 9.65. The van der Waals surface area contributed by atoms with Gasteiger partial charge in [-0.25, -0.2) is 8.42 Å². The topological polar surface area (TPSA) is 49.4 Å². The van der Waals surface area contributed by atoms with E-state index in [1.54, 1.807) is 10.4 Å². The average Bonchev–Trinajstić information content (AvgIpc) is 3.09. The van der Waals surface area contributed by atoms with Gasteiger partial charge in [-0.05, 0) is 44.4 Å². The van der Waals surface area contributed by atoms with Crippen LogP contribution in [-0.2, 0) is 16.4 Å². The molecule has 0 bridgehead atoms. The molecule has 0 aromatic carbocycles. The lowest BCUT2D eigenvalue weighted by molar-refractivity contribution is 0.370. The van der Waals surface area contributed by atoms with Crippen molar-refractivity contribution in [1.82, 2.24) is 9.62 Å². The van der Waals surface area contributed by atoms with Gasteiger partial charge in [0.2, 0.25) is 0 Å². The minimum absolute atomic E-state index is 0.307. The van der Waals surface area contributed by atoms with Gasteiger partial charge in [0.1, 0.15) is 4.21 Å². The molecule has 1 atom stereocenters. The van der Waals surface area contributed by atoms with Crippen LogP contribution in [0.3, 0.4) is 0 Å². The fourth-order valence-electron chi connectivity index (χ4n) is 2.53. The maximum absolute atomic E-state index is 12.7. The molecule has 0 saturated carbocycles. The second-order valence-corrected chi connectivity index (χ2v) is 8.56. The molecule has 0 radical (unpaired) electrons. The number of rotatable bonds is 7. The molecule has 1 aliphatic heterocycles. The monoisotopic (exact) mass is 316 g/mol. The molecule has 1 fully saturated rings. The summed E-state index contributed by atoms with van der Waals surface area (Å²) in [4.78, 5) is 1.12. The van der Waals surface area contributed by atoms with E-state index < -0.39 is 10.0 Å². The van der Waals surface area contributed by atoms with E-state index in [2.05, 4.69) is 12.2 Å². The fourth-order valence-corrected chi connectivity index (χ4v) is 5.56. The predicted octanol–water partition coefficient (Wildman–Crippen LogP) is 2.46. The maximum atomic E-state index is 12.7. The molecule has 1 aromatic rings. The van der Waals surface area contributed by atoms with Crippen LogP contribution in [0.5, 0.6) is 0 Å². The largest absolute Gasteiger partial charge is 0.313 e. The second kappa shape index (κ2) is 7.02. The molecule has 1 aromatic heterocycles. The normalized spacial score (nSPS) is 19.9. The van der Waals surface area contributed by atoms with Crippen molar-refractivity contribution in [2.75, 3.05) is 19.6 Å². The third-order valence-corrected chi connectivity index (χ3v) is 7.20. The van der Waals surface area contributed by atoms with Crippen molar-refractivity contribution in [2.24, 2.45) is 0 Å². The molecule has 1 N–H and O–H groups in total. The number of hydrogen-bond acceptors (Lipinski definition) is 4. The summed E-state index contributed by atoms with van der Waals surface area (Å²) in [7, 11) is -3.33. The Morgan fingerprint density at radius 3 is 2.75 bits per heavy atom. The number of nitrogens with one attached hydrogen (secondary N) is 1. The Bertz CT molecular complexity index is 519. The summed E-state index contributed by atoms with van der Waals surface area (Å²) < 4.78 is 27.6. The Labute approximate surface area is 126 Å². The van der Waals surface area contributed by atoms with Gasteiger partial charge in [-0.2, -0.15) is 4.31 Å². The van der Waals surface area contributed by atoms with E-state index in [4.69, 9.17) is 0 Å². The lowest BCUT2D eigenvalue weighted by Crippen LogP contribution is -2.41. The summed E-state index contributed by atoms with van der Waals surface area (Å²) in [5.74, 6) is 0. The van der Waals surface area contributed by atoms with Gasteiger partial charge in [-0.15, -0.1) is 11.3 Å². The van der Waals surface area contributed by atoms with Crippen LogP contribution in [-0.4, -0.2) is 38.4 Å². The highest BCUT2D eigenvalue weighted by Gasteiger charge is 2.28. The lowest BCUT2D eigenvalue weighted by Gasteiger charge is -2.24. The van der Waals surface area contributed by atoms with Gasteiger partial charge in [0.25, 0.3) is 10.0 Å². The van der Waals surface area contributed by atoms with Crippen molar-refractivity contribution in [3.8, 4) is 0 Å². The van der Waals surface area contributed by atoms with E-state index in [1.165, 1.54) is 11.3 Å². The summed E-state index contributed by atoms with van der Waals surface area (Å²) in [5, 5.41) is 3.38. The fraction of sp³-hybridized carbons (Fsp3) is 0.714. The quantitative estimate of drug-likeness (QED) is 0.840. The number of thiophene rings is 1. The van der Waals surface area contributed by atoms with Gasteiger partial charge in [-0.1, -0.05) is 13.8 Å². The standard InChI is InChI=1S/C14H24N2O2S2/c1-3-10-16(11-12-6-5-9-15-12)20(17,18)14-8-7-13(4-2)19-14/h7-8,12,15H,3-6,9-11H2,1-2H3. The van der Waals surface area contributed by atoms with Gasteiger partial charge < -0.3 is 5.32 Å². The molecule has 1 saturated heterocycles. The zero-order valence-electron chi connectivity index (χ0n) is 12.3. The maximum Gasteiger partial charge on any atom is 0.252 e. The Hall–Kier alpha value is -0.430. The van der Waals surface area contributed by atoms with Crippen LogP contribution in [0.4, 0.5) is 0 Å². The predicted molar refractivity (Wildman–Crippen MR) is 83.8 cm³/mol. The third-order valence-electron chi connectivity index (χ3n) is 3.64. The average molecular weight is 316 g/mol. The van der Waals surface area contributed by atoms with E-state index in [1.807, 2.05) is 13.0 Å². The molecule has 0 spiro atoms. The molecule has 1 unspecified atom stereocenters. The Kier molecular flexibility index (Phi) is 5.60. The van der Waals surface area contributed by atoms with E-state index in [0.29, 0.717) is 23.3 Å². The molecule has 20 heavy (non-hydrogen) atoms. The summed E-state index contributed by atoms with van der Waals surface area (Å²) >= 11 is 1.40.